The van der Waals surface area contributed by atoms with Gasteiger partial charge in [-0.05, 0) is 49.4 Å². The van der Waals surface area contributed by atoms with E-state index in [9.17, 15) is 9.18 Å². The highest BCUT2D eigenvalue weighted by atomic mass is 35.5. The number of carbonyl (C=O) groups excluding carboxylic acids is 1. The Bertz CT molecular complexity index is 480. The molecule has 0 spiro atoms. The van der Waals surface area contributed by atoms with Crippen LogP contribution in [0.15, 0.2) is 24.3 Å². The number of carbonyl (C=O) groups is 1. The van der Waals surface area contributed by atoms with Crippen molar-refractivity contribution in [1.82, 2.24) is 5.32 Å². The van der Waals surface area contributed by atoms with Crippen molar-refractivity contribution in [3.63, 3.8) is 0 Å². The van der Waals surface area contributed by atoms with Gasteiger partial charge in [0.2, 0.25) is 5.91 Å². The van der Waals surface area contributed by atoms with E-state index in [1.165, 1.54) is 37.8 Å². The molecule has 1 amide bonds. The Hall–Kier alpha value is -1.13. The van der Waals surface area contributed by atoms with Crippen LogP contribution in [-0.2, 0) is 4.79 Å². The SMILES string of the molecule is CN(C(=O)C1CC2CCCCC2N1)c1ccc(F)cc1.Cl. The second-order valence-corrected chi connectivity index (χ2v) is 5.98. The second-order valence-electron chi connectivity index (χ2n) is 5.98. The number of rotatable bonds is 2. The molecular formula is C16H22ClFN2O. The summed E-state index contributed by atoms with van der Waals surface area (Å²) in [4.78, 5) is 14.2. The summed E-state index contributed by atoms with van der Waals surface area (Å²) in [6.07, 6.45) is 5.92. The van der Waals surface area contributed by atoms with Crippen LogP contribution in [0.2, 0.25) is 0 Å². The molecule has 2 aliphatic rings. The molecule has 1 aromatic carbocycles. The van der Waals surface area contributed by atoms with Gasteiger partial charge in [0.05, 0.1) is 6.04 Å². The number of amides is 1. The quantitative estimate of drug-likeness (QED) is 0.910. The van der Waals surface area contributed by atoms with Crippen molar-refractivity contribution in [2.24, 2.45) is 5.92 Å². The van der Waals surface area contributed by atoms with Gasteiger partial charge < -0.3 is 10.2 Å². The van der Waals surface area contributed by atoms with E-state index in [0.29, 0.717) is 12.0 Å². The standard InChI is InChI=1S/C16H21FN2O.ClH/c1-19(13-8-6-12(17)7-9-13)16(20)15-10-11-4-2-3-5-14(11)18-15;/h6-9,11,14-15,18H,2-5,10H2,1H3;1H. The lowest BCUT2D eigenvalue weighted by atomic mass is 9.85. The van der Waals surface area contributed by atoms with Crippen LogP contribution in [0.5, 0.6) is 0 Å². The molecule has 1 saturated carbocycles. The van der Waals surface area contributed by atoms with Gasteiger partial charge in [0.25, 0.3) is 0 Å². The van der Waals surface area contributed by atoms with E-state index in [-0.39, 0.29) is 30.2 Å². The molecule has 1 aromatic rings. The molecule has 0 aromatic heterocycles. The van der Waals surface area contributed by atoms with Crippen molar-refractivity contribution in [1.29, 1.82) is 0 Å². The number of anilines is 1. The minimum absolute atomic E-state index is 0. The van der Waals surface area contributed by atoms with Crippen molar-refractivity contribution in [2.75, 3.05) is 11.9 Å². The van der Waals surface area contributed by atoms with Crippen LogP contribution in [-0.4, -0.2) is 25.0 Å². The minimum atomic E-state index is -0.278. The van der Waals surface area contributed by atoms with E-state index in [1.807, 2.05) is 0 Å². The zero-order valence-corrected chi connectivity index (χ0v) is 13.0. The number of fused-ring (bicyclic) bond motifs is 1. The highest BCUT2D eigenvalue weighted by Crippen LogP contribution is 2.34. The van der Waals surface area contributed by atoms with Gasteiger partial charge in [-0.25, -0.2) is 4.39 Å². The molecule has 1 aliphatic heterocycles. The van der Waals surface area contributed by atoms with Crippen molar-refractivity contribution in [3.8, 4) is 0 Å². The average Bonchev–Trinajstić information content (AvgIpc) is 2.90. The Morgan fingerprint density at radius 1 is 1.24 bits per heavy atom. The molecule has 3 atom stereocenters. The van der Waals surface area contributed by atoms with Crippen LogP contribution in [0.25, 0.3) is 0 Å². The number of nitrogens with one attached hydrogen (secondary N) is 1. The van der Waals surface area contributed by atoms with Crippen LogP contribution >= 0.6 is 12.4 Å². The zero-order chi connectivity index (χ0) is 14.1. The summed E-state index contributed by atoms with van der Waals surface area (Å²) < 4.78 is 12.9. The third kappa shape index (κ3) is 3.38. The van der Waals surface area contributed by atoms with E-state index in [4.69, 9.17) is 0 Å². The molecule has 1 saturated heterocycles. The molecule has 1 N–H and O–H groups in total. The highest BCUT2D eigenvalue weighted by Gasteiger charge is 2.39. The van der Waals surface area contributed by atoms with E-state index in [1.54, 1.807) is 24.1 Å². The molecule has 3 unspecified atom stereocenters. The number of hydrogen-bond acceptors (Lipinski definition) is 2. The van der Waals surface area contributed by atoms with E-state index >= 15 is 0 Å². The summed E-state index contributed by atoms with van der Waals surface area (Å²) in [5.74, 6) is 0.463. The molecule has 5 heteroatoms. The molecule has 1 heterocycles. The van der Waals surface area contributed by atoms with Crippen LogP contribution in [0.3, 0.4) is 0 Å². The number of benzene rings is 1. The molecule has 3 nitrogen and oxygen atoms in total. The van der Waals surface area contributed by atoms with Gasteiger partial charge in [-0.15, -0.1) is 12.4 Å². The number of halogens is 2. The van der Waals surface area contributed by atoms with Crippen molar-refractivity contribution >= 4 is 24.0 Å². The predicted molar refractivity (Wildman–Crippen MR) is 84.3 cm³/mol. The van der Waals surface area contributed by atoms with Gasteiger partial charge >= 0.3 is 0 Å². The van der Waals surface area contributed by atoms with E-state index < -0.39 is 0 Å². The second kappa shape index (κ2) is 6.75. The highest BCUT2D eigenvalue weighted by molar-refractivity contribution is 5.96. The summed E-state index contributed by atoms with van der Waals surface area (Å²) in [6, 6.07) is 6.50. The van der Waals surface area contributed by atoms with Crippen LogP contribution in [0, 0.1) is 11.7 Å². The molecular weight excluding hydrogens is 291 g/mol. The normalized spacial score (nSPS) is 27.6. The lowest BCUT2D eigenvalue weighted by Crippen LogP contribution is -2.44. The first kappa shape index (κ1) is 16.2. The average molecular weight is 313 g/mol. The first-order chi connectivity index (χ1) is 9.65. The third-order valence-electron chi connectivity index (χ3n) is 4.71. The third-order valence-corrected chi connectivity index (χ3v) is 4.71. The van der Waals surface area contributed by atoms with Gasteiger partial charge in [0, 0.05) is 18.8 Å². The van der Waals surface area contributed by atoms with Gasteiger partial charge in [0.15, 0.2) is 0 Å². The maximum absolute atomic E-state index is 12.9. The van der Waals surface area contributed by atoms with Crippen LogP contribution < -0.4 is 10.2 Å². The predicted octanol–water partition coefficient (Wildman–Crippen LogP) is 3.13. The minimum Gasteiger partial charge on any atom is -0.314 e. The molecule has 116 valence electrons. The van der Waals surface area contributed by atoms with Gasteiger partial charge in [-0.3, -0.25) is 4.79 Å². The lowest BCUT2D eigenvalue weighted by Gasteiger charge is -2.24. The van der Waals surface area contributed by atoms with Crippen molar-refractivity contribution in [3.05, 3.63) is 30.1 Å². The Balaban J connectivity index is 0.00000161. The fourth-order valence-electron chi connectivity index (χ4n) is 3.54. The van der Waals surface area contributed by atoms with Gasteiger partial charge in [-0.1, -0.05) is 12.8 Å². The maximum atomic E-state index is 12.9. The van der Waals surface area contributed by atoms with E-state index in [2.05, 4.69) is 5.32 Å². The summed E-state index contributed by atoms with van der Waals surface area (Å²) in [7, 11) is 1.76. The Labute approximate surface area is 131 Å². The number of hydrogen-bond donors (Lipinski definition) is 1. The van der Waals surface area contributed by atoms with Crippen LogP contribution in [0.1, 0.15) is 32.1 Å². The molecule has 21 heavy (non-hydrogen) atoms. The van der Waals surface area contributed by atoms with Gasteiger partial charge in [-0.2, -0.15) is 0 Å². The van der Waals surface area contributed by atoms with Crippen molar-refractivity contribution < 1.29 is 9.18 Å². The van der Waals surface area contributed by atoms with E-state index in [0.717, 1.165) is 12.1 Å². The summed E-state index contributed by atoms with van der Waals surface area (Å²) in [5.41, 5.74) is 0.744. The lowest BCUT2D eigenvalue weighted by molar-refractivity contribution is -0.120. The number of likely N-dealkylation sites (N-methyl/N-ethyl adjacent to an activating group) is 1. The monoisotopic (exact) mass is 312 g/mol. The maximum Gasteiger partial charge on any atom is 0.243 e. The largest absolute Gasteiger partial charge is 0.314 e. The Kier molecular flexibility index (Phi) is 5.22. The molecule has 0 bridgehead atoms. The summed E-state index contributed by atoms with van der Waals surface area (Å²) in [6.45, 7) is 0. The topological polar surface area (TPSA) is 32.3 Å². The Morgan fingerprint density at radius 3 is 2.57 bits per heavy atom. The first-order valence-electron chi connectivity index (χ1n) is 7.44. The fraction of sp³-hybridized carbons (Fsp3) is 0.562. The Morgan fingerprint density at radius 2 is 1.90 bits per heavy atom. The molecule has 1 aliphatic carbocycles. The molecule has 0 radical (unpaired) electrons. The summed E-state index contributed by atoms with van der Waals surface area (Å²) in [5, 5.41) is 3.49. The molecule has 2 fully saturated rings. The van der Waals surface area contributed by atoms with Gasteiger partial charge in [0.1, 0.15) is 5.82 Å². The number of nitrogens with zero attached hydrogens (tertiary/aromatic N) is 1. The smallest absolute Gasteiger partial charge is 0.243 e. The summed E-state index contributed by atoms with van der Waals surface area (Å²) >= 11 is 0. The molecule has 3 rings (SSSR count). The zero-order valence-electron chi connectivity index (χ0n) is 12.2. The fourth-order valence-corrected chi connectivity index (χ4v) is 3.54. The first-order valence-corrected chi connectivity index (χ1v) is 7.44. The van der Waals surface area contributed by atoms with Crippen LogP contribution in [0.4, 0.5) is 10.1 Å². The van der Waals surface area contributed by atoms with Crippen molar-refractivity contribution in [2.45, 2.75) is 44.2 Å².